The number of pyridine rings is 1. The Labute approximate surface area is 150 Å². The Kier molecular flexibility index (Phi) is 4.31. The van der Waals surface area contributed by atoms with Crippen molar-refractivity contribution in [1.29, 1.82) is 0 Å². The van der Waals surface area contributed by atoms with E-state index in [-0.39, 0.29) is 5.82 Å². The monoisotopic (exact) mass is 347 g/mol. The van der Waals surface area contributed by atoms with Crippen LogP contribution in [0.3, 0.4) is 0 Å². The van der Waals surface area contributed by atoms with Crippen molar-refractivity contribution in [2.24, 2.45) is 0 Å². The molecule has 0 aliphatic heterocycles. The van der Waals surface area contributed by atoms with Gasteiger partial charge in [-0.1, -0.05) is 18.2 Å². The number of nitrogens with one attached hydrogen (secondary N) is 1. The molecule has 0 saturated carbocycles. The fourth-order valence-corrected chi connectivity index (χ4v) is 2.87. The lowest BCUT2D eigenvalue weighted by Crippen LogP contribution is -2.09. The third kappa shape index (κ3) is 3.39. The Morgan fingerprint density at radius 1 is 1.08 bits per heavy atom. The molecule has 1 N–H and O–H groups in total. The molecular weight excluding hydrogens is 329 g/mol. The van der Waals surface area contributed by atoms with Crippen LogP contribution in [-0.2, 0) is 6.42 Å². The Balaban J connectivity index is 1.43. The van der Waals surface area contributed by atoms with Gasteiger partial charge in [-0.15, -0.1) is 10.2 Å². The summed E-state index contributed by atoms with van der Waals surface area (Å²) in [5, 5.41) is 11.8. The standard InChI is InChI=1S/C20H18FN5/c1-14-11-18(15-5-4-6-16(21)12-15)24-25-20(14)22-9-8-17-13-26-10-3-2-7-19(26)23-17/h2-7,10-13H,8-9H2,1H3,(H,22,25). The number of imidazole rings is 1. The number of rotatable bonds is 5. The molecule has 0 amide bonds. The molecule has 0 atom stereocenters. The van der Waals surface area contributed by atoms with Crippen LogP contribution in [-0.4, -0.2) is 26.1 Å². The largest absolute Gasteiger partial charge is 0.368 e. The minimum absolute atomic E-state index is 0.281. The zero-order valence-corrected chi connectivity index (χ0v) is 14.4. The maximum atomic E-state index is 13.4. The molecular formula is C20H18FN5. The molecule has 0 aliphatic rings. The van der Waals surface area contributed by atoms with E-state index in [1.165, 1.54) is 12.1 Å². The predicted octanol–water partition coefficient (Wildman–Crippen LogP) is 3.89. The van der Waals surface area contributed by atoms with Gasteiger partial charge in [0.2, 0.25) is 0 Å². The van der Waals surface area contributed by atoms with Gasteiger partial charge in [0, 0.05) is 30.9 Å². The normalized spacial score (nSPS) is 11.0. The van der Waals surface area contributed by atoms with Gasteiger partial charge in [0.25, 0.3) is 0 Å². The Bertz CT molecular complexity index is 1020. The molecule has 26 heavy (non-hydrogen) atoms. The van der Waals surface area contributed by atoms with Crippen LogP contribution in [0.15, 0.2) is 60.9 Å². The predicted molar refractivity (Wildman–Crippen MR) is 99.5 cm³/mol. The van der Waals surface area contributed by atoms with E-state index < -0.39 is 0 Å². The fourth-order valence-electron chi connectivity index (χ4n) is 2.87. The summed E-state index contributed by atoms with van der Waals surface area (Å²) in [6.45, 7) is 2.67. The molecule has 0 aliphatic carbocycles. The van der Waals surface area contributed by atoms with Crippen LogP contribution in [0.4, 0.5) is 10.2 Å². The molecule has 130 valence electrons. The first-order chi connectivity index (χ1) is 12.7. The first-order valence-corrected chi connectivity index (χ1v) is 8.46. The van der Waals surface area contributed by atoms with Gasteiger partial charge in [-0.2, -0.15) is 0 Å². The van der Waals surface area contributed by atoms with Crippen LogP contribution >= 0.6 is 0 Å². The molecule has 0 bridgehead atoms. The summed E-state index contributed by atoms with van der Waals surface area (Å²) in [5.41, 5.74) is 4.31. The van der Waals surface area contributed by atoms with Crippen LogP contribution in [0.2, 0.25) is 0 Å². The Morgan fingerprint density at radius 2 is 2.00 bits per heavy atom. The first kappa shape index (κ1) is 16.2. The summed E-state index contributed by atoms with van der Waals surface area (Å²) in [4.78, 5) is 4.58. The van der Waals surface area contributed by atoms with Crippen LogP contribution in [0.5, 0.6) is 0 Å². The smallest absolute Gasteiger partial charge is 0.151 e. The van der Waals surface area contributed by atoms with Crippen molar-refractivity contribution in [2.45, 2.75) is 13.3 Å². The lowest BCUT2D eigenvalue weighted by atomic mass is 10.1. The van der Waals surface area contributed by atoms with Crippen molar-refractivity contribution in [3.8, 4) is 11.3 Å². The van der Waals surface area contributed by atoms with E-state index >= 15 is 0 Å². The molecule has 0 fully saturated rings. The molecule has 0 saturated heterocycles. The second kappa shape index (κ2) is 6.92. The summed E-state index contributed by atoms with van der Waals surface area (Å²) < 4.78 is 15.4. The van der Waals surface area contributed by atoms with Gasteiger partial charge in [-0.25, -0.2) is 9.37 Å². The molecule has 0 spiro atoms. The van der Waals surface area contributed by atoms with E-state index in [0.717, 1.165) is 34.7 Å². The SMILES string of the molecule is Cc1cc(-c2cccc(F)c2)nnc1NCCc1cn2ccccc2n1. The molecule has 3 aromatic heterocycles. The number of aryl methyl sites for hydroxylation is 1. The summed E-state index contributed by atoms with van der Waals surface area (Å²) in [6.07, 6.45) is 4.80. The van der Waals surface area contributed by atoms with Gasteiger partial charge < -0.3 is 9.72 Å². The number of anilines is 1. The zero-order chi connectivity index (χ0) is 17.9. The number of hydrogen-bond acceptors (Lipinski definition) is 4. The summed E-state index contributed by atoms with van der Waals surface area (Å²) in [6, 6.07) is 14.2. The van der Waals surface area contributed by atoms with Crippen LogP contribution in [0.1, 0.15) is 11.3 Å². The van der Waals surface area contributed by atoms with Crippen LogP contribution < -0.4 is 5.32 Å². The maximum absolute atomic E-state index is 13.4. The van der Waals surface area contributed by atoms with Crippen molar-refractivity contribution in [3.63, 3.8) is 0 Å². The highest BCUT2D eigenvalue weighted by atomic mass is 19.1. The zero-order valence-electron chi connectivity index (χ0n) is 14.4. The third-order valence-electron chi connectivity index (χ3n) is 4.19. The van der Waals surface area contributed by atoms with E-state index in [9.17, 15) is 4.39 Å². The van der Waals surface area contributed by atoms with E-state index in [1.54, 1.807) is 6.07 Å². The molecule has 0 radical (unpaired) electrons. The van der Waals surface area contributed by atoms with E-state index in [4.69, 9.17) is 0 Å². The maximum Gasteiger partial charge on any atom is 0.151 e. The third-order valence-corrected chi connectivity index (χ3v) is 4.19. The summed E-state index contributed by atoms with van der Waals surface area (Å²) in [5.74, 6) is 0.450. The number of aromatic nitrogens is 4. The molecule has 1 aromatic carbocycles. The highest BCUT2D eigenvalue weighted by Crippen LogP contribution is 2.21. The van der Waals surface area contributed by atoms with Crippen LogP contribution in [0.25, 0.3) is 16.9 Å². The first-order valence-electron chi connectivity index (χ1n) is 8.46. The quantitative estimate of drug-likeness (QED) is 0.595. The van der Waals surface area contributed by atoms with Crippen molar-refractivity contribution in [2.75, 3.05) is 11.9 Å². The van der Waals surface area contributed by atoms with E-state index in [1.807, 2.05) is 54.0 Å². The molecule has 4 aromatic rings. The van der Waals surface area contributed by atoms with Crippen molar-refractivity contribution < 1.29 is 4.39 Å². The van der Waals surface area contributed by atoms with E-state index in [2.05, 4.69) is 20.5 Å². The second-order valence-electron chi connectivity index (χ2n) is 6.15. The van der Waals surface area contributed by atoms with Gasteiger partial charge in [0.1, 0.15) is 11.5 Å². The number of fused-ring (bicyclic) bond motifs is 1. The Morgan fingerprint density at radius 3 is 2.81 bits per heavy atom. The van der Waals surface area contributed by atoms with Crippen molar-refractivity contribution in [3.05, 3.63) is 78.0 Å². The average Bonchev–Trinajstić information content (AvgIpc) is 3.06. The summed E-state index contributed by atoms with van der Waals surface area (Å²) >= 11 is 0. The van der Waals surface area contributed by atoms with Crippen LogP contribution in [0, 0.1) is 12.7 Å². The molecule has 5 nitrogen and oxygen atoms in total. The van der Waals surface area contributed by atoms with Gasteiger partial charge in [0.15, 0.2) is 5.82 Å². The molecule has 0 unspecified atom stereocenters. The molecule has 3 heterocycles. The lowest BCUT2D eigenvalue weighted by molar-refractivity contribution is 0.628. The lowest BCUT2D eigenvalue weighted by Gasteiger charge is -2.08. The topological polar surface area (TPSA) is 55.1 Å². The average molecular weight is 347 g/mol. The van der Waals surface area contributed by atoms with Crippen molar-refractivity contribution >= 4 is 11.5 Å². The molecule has 4 rings (SSSR count). The van der Waals surface area contributed by atoms with Gasteiger partial charge in [-0.3, -0.25) is 0 Å². The number of halogens is 1. The van der Waals surface area contributed by atoms with Gasteiger partial charge >= 0.3 is 0 Å². The minimum atomic E-state index is -0.281. The highest BCUT2D eigenvalue weighted by molar-refractivity contribution is 5.61. The number of nitrogens with zero attached hydrogens (tertiary/aromatic N) is 4. The fraction of sp³-hybridized carbons (Fsp3) is 0.150. The second-order valence-corrected chi connectivity index (χ2v) is 6.15. The van der Waals surface area contributed by atoms with E-state index in [0.29, 0.717) is 12.2 Å². The minimum Gasteiger partial charge on any atom is -0.368 e. The van der Waals surface area contributed by atoms with Gasteiger partial charge in [-0.05, 0) is 42.8 Å². The van der Waals surface area contributed by atoms with Crippen molar-refractivity contribution in [1.82, 2.24) is 19.6 Å². The van der Waals surface area contributed by atoms with Gasteiger partial charge in [0.05, 0.1) is 11.4 Å². The highest BCUT2D eigenvalue weighted by Gasteiger charge is 2.07. The number of hydrogen-bond donors (Lipinski definition) is 1. The summed E-state index contributed by atoms with van der Waals surface area (Å²) in [7, 11) is 0. The molecule has 6 heteroatoms. The Hall–Kier alpha value is -3.28. The number of benzene rings is 1.